The zero-order valence-electron chi connectivity index (χ0n) is 11.5. The van der Waals surface area contributed by atoms with E-state index in [1.165, 1.54) is 6.07 Å². The van der Waals surface area contributed by atoms with Gasteiger partial charge in [0.15, 0.2) is 0 Å². The molecule has 2 rings (SSSR count). The predicted molar refractivity (Wildman–Crippen MR) is 78.6 cm³/mol. The fraction of sp³-hybridized carbons (Fsp3) is 0.167. The number of nitrogens with two attached hydrogens (primary N) is 1. The summed E-state index contributed by atoms with van der Waals surface area (Å²) >= 11 is 0. The summed E-state index contributed by atoms with van der Waals surface area (Å²) in [5.41, 5.74) is 1.28. The third kappa shape index (κ3) is 4.14. The Morgan fingerprint density at radius 2 is 2.13 bits per heavy atom. The van der Waals surface area contributed by atoms with Gasteiger partial charge in [-0.3, -0.25) is 19.8 Å². The minimum absolute atomic E-state index is 0. The Morgan fingerprint density at radius 1 is 1.43 bits per heavy atom. The maximum atomic E-state index is 12.7. The van der Waals surface area contributed by atoms with Gasteiger partial charge in [0.1, 0.15) is 29.0 Å². The lowest BCUT2D eigenvalue weighted by Crippen LogP contribution is -2.52. The first-order valence-electron chi connectivity index (χ1n) is 6.08. The van der Waals surface area contributed by atoms with Crippen LogP contribution in [0.15, 0.2) is 29.7 Å². The number of nitrogens with zero attached hydrogens (tertiary/aromatic N) is 1. The van der Waals surface area contributed by atoms with Crippen LogP contribution in [0.1, 0.15) is 6.42 Å². The molecule has 1 unspecified atom stereocenters. The maximum Gasteiger partial charge on any atom is 0.265 e. The van der Waals surface area contributed by atoms with Gasteiger partial charge in [0.2, 0.25) is 0 Å². The molecule has 0 radical (unpaired) electrons. The molecule has 2 heterocycles. The zero-order chi connectivity index (χ0) is 16.3. The van der Waals surface area contributed by atoms with Crippen molar-refractivity contribution in [1.29, 1.82) is 0 Å². The van der Waals surface area contributed by atoms with Crippen molar-refractivity contribution < 1.29 is 23.9 Å². The standard InChI is InChI=1S/C12H12FN5O4.ClH/c13-5-1-2-8(15-4-5)17-12(22)9-7(19)3-6(10(20)18-14)16-11(9)21;/h1-2,4,6,19H,3,14H2,(H,16,21)(H,18,20)(H,15,17,22);1H. The largest absolute Gasteiger partial charge is 0.511 e. The number of aromatic nitrogens is 1. The summed E-state index contributed by atoms with van der Waals surface area (Å²) in [7, 11) is 0. The first-order chi connectivity index (χ1) is 10.4. The van der Waals surface area contributed by atoms with E-state index in [1.807, 2.05) is 5.43 Å². The molecule has 3 amide bonds. The van der Waals surface area contributed by atoms with Gasteiger partial charge in [0, 0.05) is 6.42 Å². The van der Waals surface area contributed by atoms with Gasteiger partial charge >= 0.3 is 0 Å². The van der Waals surface area contributed by atoms with Crippen LogP contribution in [0.3, 0.4) is 0 Å². The van der Waals surface area contributed by atoms with Gasteiger partial charge in [-0.1, -0.05) is 0 Å². The maximum absolute atomic E-state index is 12.7. The van der Waals surface area contributed by atoms with Crippen LogP contribution in [0.5, 0.6) is 0 Å². The molecule has 9 nitrogen and oxygen atoms in total. The molecule has 0 bridgehead atoms. The number of aliphatic hydroxyl groups excluding tert-OH is 1. The van der Waals surface area contributed by atoms with Crippen LogP contribution in [-0.4, -0.2) is 33.9 Å². The first-order valence-corrected chi connectivity index (χ1v) is 6.08. The number of amides is 3. The molecule has 1 aliphatic rings. The fourth-order valence-corrected chi connectivity index (χ4v) is 1.83. The molecule has 1 aromatic rings. The summed E-state index contributed by atoms with van der Waals surface area (Å²) < 4.78 is 12.7. The molecule has 23 heavy (non-hydrogen) atoms. The van der Waals surface area contributed by atoms with Crippen LogP contribution >= 0.6 is 12.4 Å². The summed E-state index contributed by atoms with van der Waals surface area (Å²) in [6.07, 6.45) is 0.598. The van der Waals surface area contributed by atoms with Gasteiger partial charge in [0.05, 0.1) is 6.20 Å². The molecule has 0 aromatic carbocycles. The Hall–Kier alpha value is -2.72. The van der Waals surface area contributed by atoms with Gasteiger partial charge in [-0.05, 0) is 12.1 Å². The van der Waals surface area contributed by atoms with Crippen LogP contribution in [0.2, 0.25) is 0 Å². The minimum Gasteiger partial charge on any atom is -0.511 e. The molecule has 1 atom stereocenters. The monoisotopic (exact) mass is 345 g/mol. The summed E-state index contributed by atoms with van der Waals surface area (Å²) in [5, 5.41) is 14.3. The van der Waals surface area contributed by atoms with Crippen molar-refractivity contribution in [2.24, 2.45) is 5.84 Å². The average Bonchev–Trinajstić information content (AvgIpc) is 2.48. The molecule has 6 N–H and O–H groups in total. The molecular weight excluding hydrogens is 333 g/mol. The number of hydrogen-bond donors (Lipinski definition) is 5. The number of hydrogen-bond acceptors (Lipinski definition) is 6. The highest BCUT2D eigenvalue weighted by molar-refractivity contribution is 6.24. The van der Waals surface area contributed by atoms with Gasteiger partial charge in [-0.25, -0.2) is 15.2 Å². The molecule has 0 fully saturated rings. The van der Waals surface area contributed by atoms with Crippen LogP contribution in [0, 0.1) is 5.82 Å². The van der Waals surface area contributed by atoms with Gasteiger partial charge < -0.3 is 15.7 Å². The van der Waals surface area contributed by atoms with Gasteiger partial charge in [-0.15, -0.1) is 12.4 Å². The zero-order valence-corrected chi connectivity index (χ0v) is 12.3. The van der Waals surface area contributed by atoms with Gasteiger partial charge in [-0.2, -0.15) is 0 Å². The Kier molecular flexibility index (Phi) is 5.99. The second kappa shape index (κ2) is 7.51. The van der Waals surface area contributed by atoms with Crippen LogP contribution < -0.4 is 21.9 Å². The number of carbonyl (C=O) groups is 3. The number of nitrogens with one attached hydrogen (secondary N) is 3. The number of halogens is 2. The first kappa shape index (κ1) is 18.3. The Balaban J connectivity index is 0.00000264. The Labute approximate surface area is 135 Å². The lowest BCUT2D eigenvalue weighted by molar-refractivity contribution is -0.129. The lowest BCUT2D eigenvalue weighted by atomic mass is 10.0. The second-order valence-electron chi connectivity index (χ2n) is 4.38. The summed E-state index contributed by atoms with van der Waals surface area (Å²) in [4.78, 5) is 38.7. The topological polar surface area (TPSA) is 146 Å². The lowest BCUT2D eigenvalue weighted by Gasteiger charge is -2.23. The minimum atomic E-state index is -1.07. The fourth-order valence-electron chi connectivity index (χ4n) is 1.83. The highest BCUT2D eigenvalue weighted by atomic mass is 35.5. The normalized spacial score (nSPS) is 17.0. The van der Waals surface area contributed by atoms with Crippen molar-refractivity contribution in [2.75, 3.05) is 5.32 Å². The molecule has 1 aliphatic heterocycles. The quantitative estimate of drug-likeness (QED) is 0.211. The Bertz CT molecular complexity index is 664. The van der Waals surface area contributed by atoms with E-state index in [4.69, 9.17) is 5.84 Å². The highest BCUT2D eigenvalue weighted by Crippen LogP contribution is 2.17. The van der Waals surface area contributed by atoms with Crippen molar-refractivity contribution in [2.45, 2.75) is 12.5 Å². The van der Waals surface area contributed by atoms with Crippen LogP contribution in [-0.2, 0) is 14.4 Å². The van der Waals surface area contributed by atoms with E-state index in [1.54, 1.807) is 0 Å². The average molecular weight is 346 g/mol. The molecule has 0 saturated carbocycles. The van der Waals surface area contributed by atoms with E-state index in [9.17, 15) is 23.9 Å². The van der Waals surface area contributed by atoms with Crippen molar-refractivity contribution in [3.05, 3.63) is 35.5 Å². The summed E-state index contributed by atoms with van der Waals surface area (Å²) in [5.74, 6) is 1.22. The number of hydrazine groups is 1. The number of aliphatic hydroxyl groups is 1. The van der Waals surface area contributed by atoms with Gasteiger partial charge in [0.25, 0.3) is 17.7 Å². The van der Waals surface area contributed by atoms with E-state index in [0.29, 0.717) is 0 Å². The van der Waals surface area contributed by atoms with Crippen molar-refractivity contribution in [3.8, 4) is 0 Å². The second-order valence-corrected chi connectivity index (χ2v) is 4.38. The van der Waals surface area contributed by atoms with Crippen molar-refractivity contribution in [1.82, 2.24) is 15.7 Å². The molecule has 0 aliphatic carbocycles. The number of anilines is 1. The van der Waals surface area contributed by atoms with Crippen molar-refractivity contribution >= 4 is 35.9 Å². The SMILES string of the molecule is Cl.NNC(=O)C1CC(O)=C(C(=O)Nc2ccc(F)cn2)C(=O)N1. The number of carbonyl (C=O) groups excluding carboxylic acids is 3. The van der Waals surface area contributed by atoms with E-state index >= 15 is 0 Å². The van der Waals surface area contributed by atoms with Crippen LogP contribution in [0.25, 0.3) is 0 Å². The molecule has 1 aromatic heterocycles. The molecule has 0 spiro atoms. The van der Waals surface area contributed by atoms with Crippen LogP contribution in [0.4, 0.5) is 10.2 Å². The summed E-state index contributed by atoms with van der Waals surface area (Å²) in [6.45, 7) is 0. The third-order valence-corrected chi connectivity index (χ3v) is 2.87. The number of pyridine rings is 1. The molecule has 11 heteroatoms. The predicted octanol–water partition coefficient (Wildman–Crippen LogP) is -0.729. The molecule has 124 valence electrons. The highest BCUT2D eigenvalue weighted by Gasteiger charge is 2.34. The Morgan fingerprint density at radius 3 is 2.65 bits per heavy atom. The molecular formula is C12H13ClFN5O4. The van der Waals surface area contributed by atoms with E-state index in [0.717, 1.165) is 12.3 Å². The smallest absolute Gasteiger partial charge is 0.265 e. The number of rotatable bonds is 3. The van der Waals surface area contributed by atoms with E-state index < -0.39 is 40.9 Å². The summed E-state index contributed by atoms with van der Waals surface area (Å²) in [6, 6.07) is 1.19. The third-order valence-electron chi connectivity index (χ3n) is 2.87. The van der Waals surface area contributed by atoms with E-state index in [-0.39, 0.29) is 24.6 Å². The molecule has 0 saturated heterocycles. The van der Waals surface area contributed by atoms with E-state index in [2.05, 4.69) is 15.6 Å². The van der Waals surface area contributed by atoms with Crippen molar-refractivity contribution in [3.63, 3.8) is 0 Å².